The number of ketones is 1. The van der Waals surface area contributed by atoms with Crippen LogP contribution in [0.4, 0.5) is 8.78 Å². The number of methoxy groups -OCH3 is 2. The zero-order valence-electron chi connectivity index (χ0n) is 12.1. The average molecular weight is 309 g/mol. The summed E-state index contributed by atoms with van der Waals surface area (Å²) in [6.45, 7) is 1.41. The molecule has 0 bridgehead atoms. The molecule has 2 rings (SSSR count). The van der Waals surface area contributed by atoms with Crippen LogP contribution in [0.25, 0.3) is 0 Å². The van der Waals surface area contributed by atoms with Crippen molar-refractivity contribution in [3.8, 4) is 23.3 Å². The second-order valence-electron chi connectivity index (χ2n) is 4.27. The number of carbonyl (C=O) groups excluding carboxylic acids is 1. The van der Waals surface area contributed by atoms with Gasteiger partial charge in [-0.15, -0.1) is 0 Å². The summed E-state index contributed by atoms with van der Waals surface area (Å²) < 4.78 is 42.8. The fourth-order valence-corrected chi connectivity index (χ4v) is 1.72. The molecule has 1 aromatic heterocycles. The second kappa shape index (κ2) is 6.38. The summed E-state index contributed by atoms with van der Waals surface area (Å²) in [5, 5.41) is 0. The van der Waals surface area contributed by atoms with Crippen LogP contribution in [0, 0.1) is 11.6 Å². The minimum atomic E-state index is -1.09. The number of aromatic nitrogens is 1. The van der Waals surface area contributed by atoms with Gasteiger partial charge in [0.25, 0.3) is 11.8 Å². The van der Waals surface area contributed by atoms with Gasteiger partial charge in [-0.1, -0.05) is 0 Å². The first-order valence-electron chi connectivity index (χ1n) is 6.23. The molecule has 0 atom stereocenters. The first kappa shape index (κ1) is 15.7. The Labute approximate surface area is 125 Å². The third-order valence-electron chi connectivity index (χ3n) is 2.84. The Hall–Kier alpha value is -2.70. The van der Waals surface area contributed by atoms with Gasteiger partial charge in [0.1, 0.15) is 5.75 Å². The minimum Gasteiger partial charge on any atom is -0.479 e. The lowest BCUT2D eigenvalue weighted by Gasteiger charge is -2.12. The molecule has 1 aromatic carbocycles. The molecule has 0 saturated heterocycles. The van der Waals surface area contributed by atoms with Crippen LogP contribution in [0.1, 0.15) is 17.3 Å². The Morgan fingerprint density at radius 1 is 1.00 bits per heavy atom. The predicted octanol–water partition coefficient (Wildman–Crippen LogP) is 3.37. The van der Waals surface area contributed by atoms with Crippen molar-refractivity contribution >= 4 is 5.78 Å². The molecule has 0 spiro atoms. The Morgan fingerprint density at radius 3 is 1.91 bits per heavy atom. The molecule has 0 N–H and O–H groups in total. The van der Waals surface area contributed by atoms with Crippen LogP contribution in [-0.2, 0) is 0 Å². The van der Waals surface area contributed by atoms with E-state index in [1.165, 1.54) is 45.4 Å². The number of hydrogen-bond acceptors (Lipinski definition) is 5. The molecule has 22 heavy (non-hydrogen) atoms. The fraction of sp³-hybridized carbons (Fsp3) is 0.200. The van der Waals surface area contributed by atoms with Crippen molar-refractivity contribution in [2.45, 2.75) is 6.92 Å². The van der Waals surface area contributed by atoms with Crippen LogP contribution >= 0.6 is 0 Å². The van der Waals surface area contributed by atoms with E-state index in [-0.39, 0.29) is 11.5 Å². The van der Waals surface area contributed by atoms with E-state index >= 15 is 0 Å². The minimum absolute atomic E-state index is 0.129. The highest BCUT2D eigenvalue weighted by molar-refractivity contribution is 5.94. The average Bonchev–Trinajstić information content (AvgIpc) is 2.52. The molecule has 1 heterocycles. The molecule has 0 unspecified atom stereocenters. The maximum Gasteiger partial charge on any atom is 0.257 e. The standard InChI is InChI=1S/C15H13F2NO4/c1-8(19)9-4-6-10(7-5-9)22-13-11(16)14(20-2)18-15(21-3)12(13)17/h4-7H,1-3H3. The molecule has 0 radical (unpaired) electrons. The molecule has 0 amide bonds. The topological polar surface area (TPSA) is 57.6 Å². The number of pyridine rings is 1. The molecular weight excluding hydrogens is 296 g/mol. The summed E-state index contributed by atoms with van der Waals surface area (Å²) in [6, 6.07) is 5.83. The molecule has 0 saturated carbocycles. The molecule has 2 aromatic rings. The maximum absolute atomic E-state index is 14.1. The first-order chi connectivity index (χ1) is 10.5. The molecule has 7 heteroatoms. The van der Waals surface area contributed by atoms with Gasteiger partial charge >= 0.3 is 0 Å². The van der Waals surface area contributed by atoms with Crippen LogP contribution in [0.5, 0.6) is 23.3 Å². The number of nitrogens with zero attached hydrogens (tertiary/aromatic N) is 1. The molecule has 0 fully saturated rings. The van der Waals surface area contributed by atoms with Crippen molar-refractivity contribution in [3.05, 3.63) is 41.5 Å². The van der Waals surface area contributed by atoms with E-state index in [0.29, 0.717) is 5.56 Å². The van der Waals surface area contributed by atoms with E-state index < -0.39 is 29.1 Å². The van der Waals surface area contributed by atoms with Gasteiger partial charge in [0.15, 0.2) is 5.78 Å². The number of halogens is 2. The van der Waals surface area contributed by atoms with E-state index in [2.05, 4.69) is 4.98 Å². The normalized spacial score (nSPS) is 10.2. The predicted molar refractivity (Wildman–Crippen MR) is 73.8 cm³/mol. The van der Waals surface area contributed by atoms with Crippen molar-refractivity contribution < 1.29 is 27.8 Å². The lowest BCUT2D eigenvalue weighted by molar-refractivity contribution is 0.101. The first-order valence-corrected chi connectivity index (χ1v) is 6.23. The number of rotatable bonds is 5. The number of Topliss-reactive ketones (excluding diaryl/α,β-unsaturated/α-hetero) is 1. The van der Waals surface area contributed by atoms with Crippen molar-refractivity contribution in [2.24, 2.45) is 0 Å². The van der Waals surface area contributed by atoms with Crippen molar-refractivity contribution in [2.75, 3.05) is 14.2 Å². The number of ether oxygens (including phenoxy) is 3. The van der Waals surface area contributed by atoms with Crippen molar-refractivity contribution in [1.29, 1.82) is 0 Å². The fourth-order valence-electron chi connectivity index (χ4n) is 1.72. The Balaban J connectivity index is 2.41. The van der Waals surface area contributed by atoms with Gasteiger partial charge in [0, 0.05) is 5.56 Å². The third kappa shape index (κ3) is 2.98. The highest BCUT2D eigenvalue weighted by Gasteiger charge is 2.24. The van der Waals surface area contributed by atoms with Gasteiger partial charge in [0.2, 0.25) is 17.4 Å². The smallest absolute Gasteiger partial charge is 0.257 e. The Kier molecular flexibility index (Phi) is 4.55. The third-order valence-corrected chi connectivity index (χ3v) is 2.84. The van der Waals surface area contributed by atoms with Gasteiger partial charge in [-0.3, -0.25) is 4.79 Å². The van der Waals surface area contributed by atoms with E-state index in [1.54, 1.807) is 0 Å². The molecule has 0 aliphatic carbocycles. The maximum atomic E-state index is 14.1. The summed E-state index contributed by atoms with van der Waals surface area (Å²) in [5.41, 5.74) is 0.457. The lowest BCUT2D eigenvalue weighted by Crippen LogP contribution is -2.03. The second-order valence-corrected chi connectivity index (χ2v) is 4.27. The van der Waals surface area contributed by atoms with Crippen LogP contribution in [0.2, 0.25) is 0 Å². The van der Waals surface area contributed by atoms with Crippen LogP contribution in [-0.4, -0.2) is 25.0 Å². The van der Waals surface area contributed by atoms with Crippen LogP contribution in [0.15, 0.2) is 24.3 Å². The van der Waals surface area contributed by atoms with E-state index in [9.17, 15) is 13.6 Å². The van der Waals surface area contributed by atoms with E-state index in [1.807, 2.05) is 0 Å². The SMILES string of the molecule is COc1nc(OC)c(F)c(Oc2ccc(C(C)=O)cc2)c1F. The summed E-state index contributed by atoms with van der Waals surface area (Å²) in [4.78, 5) is 14.7. The lowest BCUT2D eigenvalue weighted by atomic mass is 10.1. The molecule has 0 aliphatic rings. The Morgan fingerprint density at radius 2 is 1.50 bits per heavy atom. The monoisotopic (exact) mass is 309 g/mol. The quantitative estimate of drug-likeness (QED) is 0.793. The van der Waals surface area contributed by atoms with Crippen LogP contribution in [0.3, 0.4) is 0 Å². The molecule has 116 valence electrons. The van der Waals surface area contributed by atoms with Crippen molar-refractivity contribution in [3.63, 3.8) is 0 Å². The van der Waals surface area contributed by atoms with Gasteiger partial charge in [-0.2, -0.15) is 13.8 Å². The van der Waals surface area contributed by atoms with Crippen LogP contribution < -0.4 is 14.2 Å². The molecular formula is C15H13F2NO4. The zero-order chi connectivity index (χ0) is 16.3. The summed E-state index contributed by atoms with van der Waals surface area (Å²) in [5.74, 6) is -3.75. The summed E-state index contributed by atoms with van der Waals surface area (Å²) in [6.07, 6.45) is 0. The Bertz CT molecular complexity index is 673. The number of benzene rings is 1. The molecule has 5 nitrogen and oxygen atoms in total. The zero-order valence-corrected chi connectivity index (χ0v) is 12.1. The highest BCUT2D eigenvalue weighted by atomic mass is 19.1. The van der Waals surface area contributed by atoms with Crippen molar-refractivity contribution in [1.82, 2.24) is 4.98 Å². The van der Waals surface area contributed by atoms with E-state index in [0.717, 1.165) is 0 Å². The number of carbonyl (C=O) groups is 1. The molecule has 0 aliphatic heterocycles. The van der Waals surface area contributed by atoms with Gasteiger partial charge in [0.05, 0.1) is 14.2 Å². The van der Waals surface area contributed by atoms with Gasteiger partial charge in [-0.25, -0.2) is 0 Å². The largest absolute Gasteiger partial charge is 0.479 e. The van der Waals surface area contributed by atoms with Gasteiger partial charge < -0.3 is 14.2 Å². The van der Waals surface area contributed by atoms with Gasteiger partial charge in [-0.05, 0) is 31.2 Å². The van der Waals surface area contributed by atoms with E-state index in [4.69, 9.17) is 14.2 Å². The summed E-state index contributed by atoms with van der Waals surface area (Å²) in [7, 11) is 2.38. The summed E-state index contributed by atoms with van der Waals surface area (Å²) >= 11 is 0. The highest BCUT2D eigenvalue weighted by Crippen LogP contribution is 2.36. The number of hydrogen-bond donors (Lipinski definition) is 0.